The van der Waals surface area contributed by atoms with E-state index in [2.05, 4.69) is 17.2 Å². The van der Waals surface area contributed by atoms with Gasteiger partial charge in [0, 0.05) is 26.8 Å². The normalized spacial score (nSPS) is 11.1. The van der Waals surface area contributed by atoms with Crippen LogP contribution in [0, 0.1) is 6.92 Å². The van der Waals surface area contributed by atoms with Crippen LogP contribution >= 0.6 is 11.3 Å². The summed E-state index contributed by atoms with van der Waals surface area (Å²) >= 11 is 1.28. The van der Waals surface area contributed by atoms with Gasteiger partial charge in [0.15, 0.2) is 0 Å². The number of amides is 1. The number of hydrogen-bond acceptors (Lipinski definition) is 5. The fourth-order valence-electron chi connectivity index (χ4n) is 2.57. The van der Waals surface area contributed by atoms with Gasteiger partial charge in [-0.3, -0.25) is 14.2 Å². The largest absolute Gasteiger partial charge is 0.385 e. The molecule has 1 N–H and O–H groups in total. The van der Waals surface area contributed by atoms with E-state index in [1.165, 1.54) is 11.3 Å². The van der Waals surface area contributed by atoms with Crippen molar-refractivity contribution < 1.29 is 9.53 Å². The summed E-state index contributed by atoms with van der Waals surface area (Å²) in [5.74, 6) is -0.150. The number of nitrogens with one attached hydrogen (secondary N) is 1. The first-order chi connectivity index (χ1) is 11.6. The van der Waals surface area contributed by atoms with Gasteiger partial charge in [0.25, 0.3) is 11.5 Å². The SMILES string of the molecule is CCCCCn1cnc2sc(C(=O)NCCCOC)c(C)c2c1=O. The first-order valence-electron chi connectivity index (χ1n) is 8.35. The lowest BCUT2D eigenvalue weighted by Crippen LogP contribution is -2.25. The molecule has 0 spiro atoms. The average molecular weight is 351 g/mol. The molecule has 2 aromatic heterocycles. The van der Waals surface area contributed by atoms with Gasteiger partial charge >= 0.3 is 0 Å². The van der Waals surface area contributed by atoms with Crippen LogP contribution < -0.4 is 10.9 Å². The van der Waals surface area contributed by atoms with Gasteiger partial charge in [0.05, 0.1) is 16.6 Å². The van der Waals surface area contributed by atoms with Crippen molar-refractivity contribution in [1.29, 1.82) is 0 Å². The number of aromatic nitrogens is 2. The van der Waals surface area contributed by atoms with E-state index in [9.17, 15) is 9.59 Å². The van der Waals surface area contributed by atoms with E-state index < -0.39 is 0 Å². The quantitative estimate of drug-likeness (QED) is 0.705. The minimum atomic E-state index is -0.150. The van der Waals surface area contributed by atoms with Gasteiger partial charge in [-0.1, -0.05) is 19.8 Å². The van der Waals surface area contributed by atoms with Crippen molar-refractivity contribution in [3.8, 4) is 0 Å². The summed E-state index contributed by atoms with van der Waals surface area (Å²) in [6.07, 6.45) is 5.50. The molecule has 7 heteroatoms. The number of carbonyl (C=O) groups excluding carboxylic acids is 1. The first-order valence-corrected chi connectivity index (χ1v) is 9.17. The van der Waals surface area contributed by atoms with Crippen LogP contribution in [-0.4, -0.2) is 35.7 Å². The van der Waals surface area contributed by atoms with E-state index in [0.717, 1.165) is 31.2 Å². The van der Waals surface area contributed by atoms with E-state index in [-0.39, 0.29) is 11.5 Å². The average Bonchev–Trinajstić information content (AvgIpc) is 2.91. The fraction of sp³-hybridized carbons (Fsp3) is 0.588. The lowest BCUT2D eigenvalue weighted by Gasteiger charge is -2.05. The van der Waals surface area contributed by atoms with Crippen molar-refractivity contribution >= 4 is 27.5 Å². The number of rotatable bonds is 9. The lowest BCUT2D eigenvalue weighted by molar-refractivity contribution is 0.0952. The number of carbonyl (C=O) groups is 1. The van der Waals surface area contributed by atoms with Gasteiger partial charge in [0.2, 0.25) is 0 Å². The minimum Gasteiger partial charge on any atom is -0.385 e. The second kappa shape index (κ2) is 8.94. The molecule has 0 aliphatic heterocycles. The van der Waals surface area contributed by atoms with Gasteiger partial charge in [-0.15, -0.1) is 11.3 Å². The summed E-state index contributed by atoms with van der Waals surface area (Å²) in [4.78, 5) is 30.6. The van der Waals surface area contributed by atoms with E-state index >= 15 is 0 Å². The molecule has 2 heterocycles. The van der Waals surface area contributed by atoms with Crippen molar-refractivity contribution in [2.75, 3.05) is 20.3 Å². The van der Waals surface area contributed by atoms with Crippen LogP contribution in [0.4, 0.5) is 0 Å². The maximum absolute atomic E-state index is 12.7. The molecule has 0 unspecified atom stereocenters. The van der Waals surface area contributed by atoms with Crippen LogP contribution in [-0.2, 0) is 11.3 Å². The number of fused-ring (bicyclic) bond motifs is 1. The zero-order valence-electron chi connectivity index (χ0n) is 14.6. The molecule has 1 amide bonds. The predicted octanol–water partition coefficient (Wildman–Crippen LogP) is 2.72. The van der Waals surface area contributed by atoms with Crippen molar-refractivity contribution in [2.45, 2.75) is 46.1 Å². The van der Waals surface area contributed by atoms with Crippen molar-refractivity contribution in [3.05, 3.63) is 27.1 Å². The third-order valence-electron chi connectivity index (χ3n) is 3.94. The summed E-state index contributed by atoms with van der Waals surface area (Å²) < 4.78 is 6.62. The van der Waals surface area contributed by atoms with E-state index in [0.29, 0.717) is 34.8 Å². The lowest BCUT2D eigenvalue weighted by atomic mass is 10.2. The molecule has 0 radical (unpaired) electrons. The maximum Gasteiger partial charge on any atom is 0.262 e. The Labute approximate surface area is 145 Å². The Balaban J connectivity index is 2.21. The highest BCUT2D eigenvalue weighted by Crippen LogP contribution is 2.26. The predicted molar refractivity (Wildman–Crippen MR) is 97.0 cm³/mol. The standard InChI is InChI=1S/C17H25N3O3S/c1-4-5-6-9-20-11-19-16-13(17(20)22)12(2)14(24-16)15(21)18-8-7-10-23-3/h11H,4-10H2,1-3H3,(H,18,21). The number of ether oxygens (including phenoxy) is 1. The molecule has 2 rings (SSSR count). The third-order valence-corrected chi connectivity index (χ3v) is 5.14. The second-order valence-corrected chi connectivity index (χ2v) is 6.79. The smallest absolute Gasteiger partial charge is 0.262 e. The Morgan fingerprint density at radius 3 is 2.88 bits per heavy atom. The second-order valence-electron chi connectivity index (χ2n) is 5.79. The fourth-order valence-corrected chi connectivity index (χ4v) is 3.62. The van der Waals surface area contributed by atoms with Crippen molar-refractivity contribution in [1.82, 2.24) is 14.9 Å². The zero-order valence-corrected chi connectivity index (χ0v) is 15.4. The third kappa shape index (κ3) is 4.21. The molecule has 0 saturated heterocycles. The van der Waals surface area contributed by atoms with Gasteiger partial charge in [-0.25, -0.2) is 4.98 Å². The monoisotopic (exact) mass is 351 g/mol. The number of thiophene rings is 1. The Hall–Kier alpha value is -1.73. The first kappa shape index (κ1) is 18.6. The van der Waals surface area contributed by atoms with Gasteiger partial charge in [0.1, 0.15) is 4.83 Å². The summed E-state index contributed by atoms with van der Waals surface area (Å²) in [5, 5.41) is 3.44. The molecular formula is C17H25N3O3S. The molecule has 2 aromatic rings. The number of unbranched alkanes of at least 4 members (excludes halogenated alkanes) is 2. The molecule has 0 aliphatic carbocycles. The molecule has 0 fully saturated rings. The van der Waals surface area contributed by atoms with E-state index in [4.69, 9.17) is 4.74 Å². The highest BCUT2D eigenvalue weighted by Gasteiger charge is 2.19. The molecule has 0 aromatic carbocycles. The summed E-state index contributed by atoms with van der Waals surface area (Å²) in [6, 6.07) is 0. The van der Waals surface area contributed by atoms with Gasteiger partial charge < -0.3 is 10.1 Å². The van der Waals surface area contributed by atoms with Crippen LogP contribution in [0.2, 0.25) is 0 Å². The molecule has 0 aliphatic rings. The number of hydrogen-bond donors (Lipinski definition) is 1. The molecule has 0 bridgehead atoms. The molecule has 0 atom stereocenters. The highest BCUT2D eigenvalue weighted by atomic mass is 32.1. The number of methoxy groups -OCH3 is 1. The van der Waals surface area contributed by atoms with Crippen LogP contribution in [0.25, 0.3) is 10.2 Å². The topological polar surface area (TPSA) is 73.2 Å². The van der Waals surface area contributed by atoms with Crippen LogP contribution in [0.1, 0.15) is 47.8 Å². The maximum atomic E-state index is 12.7. The van der Waals surface area contributed by atoms with Crippen LogP contribution in [0.5, 0.6) is 0 Å². The van der Waals surface area contributed by atoms with E-state index in [1.807, 2.05) is 6.92 Å². The van der Waals surface area contributed by atoms with Crippen LogP contribution in [0.3, 0.4) is 0 Å². The van der Waals surface area contributed by atoms with Gasteiger partial charge in [-0.2, -0.15) is 0 Å². The molecule has 0 saturated carbocycles. The molecule has 6 nitrogen and oxygen atoms in total. The highest BCUT2D eigenvalue weighted by molar-refractivity contribution is 7.20. The van der Waals surface area contributed by atoms with Crippen molar-refractivity contribution in [2.24, 2.45) is 0 Å². The Morgan fingerprint density at radius 1 is 1.38 bits per heavy atom. The van der Waals surface area contributed by atoms with E-state index in [1.54, 1.807) is 18.0 Å². The number of aryl methyl sites for hydroxylation is 2. The zero-order chi connectivity index (χ0) is 17.5. The molecule has 24 heavy (non-hydrogen) atoms. The molecule has 132 valence electrons. The Morgan fingerprint density at radius 2 is 2.17 bits per heavy atom. The summed E-state index contributed by atoms with van der Waals surface area (Å²) in [6.45, 7) is 5.78. The van der Waals surface area contributed by atoms with Crippen molar-refractivity contribution in [3.63, 3.8) is 0 Å². The number of nitrogens with zero attached hydrogens (tertiary/aromatic N) is 2. The summed E-state index contributed by atoms with van der Waals surface area (Å²) in [5.41, 5.74) is 0.671. The Kier molecular flexibility index (Phi) is 6.93. The van der Waals surface area contributed by atoms with Gasteiger partial charge in [-0.05, 0) is 25.3 Å². The summed E-state index contributed by atoms with van der Waals surface area (Å²) in [7, 11) is 1.63. The Bertz CT molecular complexity index is 751. The van der Waals surface area contributed by atoms with Crippen LogP contribution in [0.15, 0.2) is 11.1 Å². The minimum absolute atomic E-state index is 0.0525. The molecular weight excluding hydrogens is 326 g/mol.